The molecular formula is C17H15ClN2O5S. The molecule has 3 rings (SSSR count). The van der Waals surface area contributed by atoms with Gasteiger partial charge in [0.2, 0.25) is 5.91 Å². The molecule has 0 unspecified atom stereocenters. The molecule has 0 bridgehead atoms. The fourth-order valence-electron chi connectivity index (χ4n) is 2.68. The van der Waals surface area contributed by atoms with Crippen LogP contribution in [-0.4, -0.2) is 31.9 Å². The molecule has 1 heterocycles. The highest BCUT2D eigenvalue weighted by Gasteiger charge is 2.35. The number of nitrogens with zero attached hydrogens (tertiary/aromatic N) is 1. The lowest BCUT2D eigenvalue weighted by atomic mass is 10.1. The van der Waals surface area contributed by atoms with E-state index in [1.54, 1.807) is 24.3 Å². The smallest absolute Gasteiger partial charge is 0.308 e. The number of carbonyl (C=O) groups is 2. The van der Waals surface area contributed by atoms with Crippen LogP contribution < -0.4 is 9.62 Å². The van der Waals surface area contributed by atoms with Crippen LogP contribution in [0.5, 0.6) is 0 Å². The number of carboxylic acid groups (broad SMARTS) is 1. The van der Waals surface area contributed by atoms with Crippen LogP contribution in [0.4, 0.5) is 11.4 Å². The first-order valence-corrected chi connectivity index (χ1v) is 9.54. The van der Waals surface area contributed by atoms with Crippen molar-refractivity contribution in [3.63, 3.8) is 0 Å². The number of carboxylic acids is 1. The van der Waals surface area contributed by atoms with Crippen LogP contribution in [0.15, 0.2) is 53.4 Å². The van der Waals surface area contributed by atoms with Gasteiger partial charge in [0.25, 0.3) is 10.0 Å². The van der Waals surface area contributed by atoms with Gasteiger partial charge in [-0.25, -0.2) is 8.42 Å². The monoisotopic (exact) mass is 394 g/mol. The van der Waals surface area contributed by atoms with Crippen LogP contribution in [0.2, 0.25) is 5.02 Å². The van der Waals surface area contributed by atoms with Gasteiger partial charge >= 0.3 is 5.97 Å². The third-order valence-corrected chi connectivity index (χ3v) is 5.76. The predicted octanol–water partition coefficient (Wildman–Crippen LogP) is 2.58. The Labute approximate surface area is 155 Å². The van der Waals surface area contributed by atoms with E-state index in [2.05, 4.69) is 4.72 Å². The summed E-state index contributed by atoms with van der Waals surface area (Å²) in [6, 6.07) is 12.1. The van der Waals surface area contributed by atoms with E-state index in [1.165, 1.54) is 29.2 Å². The Balaban J connectivity index is 1.80. The molecule has 0 saturated carbocycles. The molecule has 1 amide bonds. The van der Waals surface area contributed by atoms with Crippen LogP contribution in [-0.2, 0) is 19.6 Å². The Morgan fingerprint density at radius 1 is 1.15 bits per heavy atom. The Kier molecular flexibility index (Phi) is 4.88. The lowest BCUT2D eigenvalue weighted by molar-refractivity contribution is -0.141. The number of nitrogens with one attached hydrogen (secondary N) is 1. The Hall–Kier alpha value is -2.58. The van der Waals surface area contributed by atoms with Gasteiger partial charge in [0.1, 0.15) is 0 Å². The van der Waals surface area contributed by atoms with E-state index < -0.39 is 21.9 Å². The number of sulfonamides is 1. The second-order valence-electron chi connectivity index (χ2n) is 5.82. The second-order valence-corrected chi connectivity index (χ2v) is 7.91. The van der Waals surface area contributed by atoms with Crippen molar-refractivity contribution in [1.82, 2.24) is 0 Å². The minimum absolute atomic E-state index is 0.00241. The fraction of sp³-hybridized carbons (Fsp3) is 0.176. The van der Waals surface area contributed by atoms with Crippen molar-refractivity contribution in [1.29, 1.82) is 0 Å². The number of aliphatic carboxylic acids is 1. The first-order valence-electron chi connectivity index (χ1n) is 7.68. The predicted molar refractivity (Wildman–Crippen MR) is 96.8 cm³/mol. The molecule has 0 radical (unpaired) electrons. The normalized spacial score (nSPS) is 17.3. The molecule has 0 aromatic heterocycles. The molecule has 0 spiro atoms. The zero-order valence-electron chi connectivity index (χ0n) is 13.4. The number of carbonyl (C=O) groups excluding carboxylic acids is 1. The van der Waals surface area contributed by atoms with Gasteiger partial charge < -0.3 is 10.0 Å². The Morgan fingerprint density at radius 3 is 2.38 bits per heavy atom. The molecule has 0 aliphatic carbocycles. The van der Waals surface area contributed by atoms with Gasteiger partial charge in [-0.15, -0.1) is 0 Å². The summed E-state index contributed by atoms with van der Waals surface area (Å²) in [4.78, 5) is 24.3. The molecule has 136 valence electrons. The number of rotatable bonds is 5. The van der Waals surface area contributed by atoms with Crippen molar-refractivity contribution in [3.05, 3.63) is 53.6 Å². The average Bonchev–Trinajstić information content (AvgIpc) is 2.99. The molecule has 2 N–H and O–H groups in total. The van der Waals surface area contributed by atoms with Crippen LogP contribution in [0, 0.1) is 5.92 Å². The number of para-hydroxylation sites is 1. The van der Waals surface area contributed by atoms with Crippen molar-refractivity contribution in [2.75, 3.05) is 16.2 Å². The first kappa shape index (κ1) is 18.2. The van der Waals surface area contributed by atoms with Gasteiger partial charge in [0.05, 0.1) is 21.5 Å². The van der Waals surface area contributed by atoms with Crippen LogP contribution in [0.3, 0.4) is 0 Å². The molecule has 7 nitrogen and oxygen atoms in total. The van der Waals surface area contributed by atoms with Gasteiger partial charge in [0, 0.05) is 18.7 Å². The largest absolute Gasteiger partial charge is 0.481 e. The number of hydrogen-bond acceptors (Lipinski definition) is 4. The van der Waals surface area contributed by atoms with E-state index >= 15 is 0 Å². The van der Waals surface area contributed by atoms with E-state index in [-0.39, 0.29) is 34.5 Å². The third-order valence-electron chi connectivity index (χ3n) is 4.05. The summed E-state index contributed by atoms with van der Waals surface area (Å²) >= 11 is 5.97. The van der Waals surface area contributed by atoms with Crippen molar-refractivity contribution < 1.29 is 23.1 Å². The standard InChI is InChI=1S/C17H15ClN2O5S/c18-14-3-1-2-4-15(14)19-26(24,25)13-7-5-12(6-8-13)20-10-11(17(22)23)9-16(20)21/h1-8,11,19H,9-10H2,(H,22,23)/t11-/m0/s1. The summed E-state index contributed by atoms with van der Waals surface area (Å²) < 4.78 is 27.3. The fourth-order valence-corrected chi connectivity index (χ4v) is 3.99. The van der Waals surface area contributed by atoms with Gasteiger partial charge in [-0.05, 0) is 36.4 Å². The topological polar surface area (TPSA) is 104 Å². The van der Waals surface area contributed by atoms with E-state index in [9.17, 15) is 18.0 Å². The summed E-state index contributed by atoms with van der Waals surface area (Å²) in [5, 5.41) is 9.31. The van der Waals surface area contributed by atoms with E-state index in [4.69, 9.17) is 16.7 Å². The highest BCUT2D eigenvalue weighted by molar-refractivity contribution is 7.92. The average molecular weight is 395 g/mol. The Morgan fingerprint density at radius 2 is 1.81 bits per heavy atom. The minimum atomic E-state index is -3.85. The lowest BCUT2D eigenvalue weighted by Gasteiger charge is -2.17. The highest BCUT2D eigenvalue weighted by atomic mass is 35.5. The number of benzene rings is 2. The van der Waals surface area contributed by atoms with Gasteiger partial charge in [0.15, 0.2) is 0 Å². The second kappa shape index (κ2) is 6.97. The summed E-state index contributed by atoms with van der Waals surface area (Å²) in [6.07, 6.45) is -0.0660. The molecule has 2 aromatic rings. The zero-order chi connectivity index (χ0) is 18.9. The number of halogens is 1. The molecule has 1 saturated heterocycles. The molecule has 1 aliphatic rings. The summed E-state index contributed by atoms with van der Waals surface area (Å²) in [5.41, 5.74) is 0.715. The number of amides is 1. The maximum absolute atomic E-state index is 12.5. The summed E-state index contributed by atoms with van der Waals surface area (Å²) in [6.45, 7) is 0.0676. The molecule has 2 aromatic carbocycles. The van der Waals surface area contributed by atoms with E-state index in [0.717, 1.165) is 0 Å². The van der Waals surface area contributed by atoms with Crippen molar-refractivity contribution in [2.24, 2.45) is 5.92 Å². The number of hydrogen-bond donors (Lipinski definition) is 2. The number of anilines is 2. The molecule has 26 heavy (non-hydrogen) atoms. The Bertz CT molecular complexity index is 959. The highest BCUT2D eigenvalue weighted by Crippen LogP contribution is 2.28. The van der Waals surface area contributed by atoms with Crippen molar-refractivity contribution in [3.8, 4) is 0 Å². The lowest BCUT2D eigenvalue weighted by Crippen LogP contribution is -2.25. The van der Waals surface area contributed by atoms with E-state index in [0.29, 0.717) is 5.69 Å². The van der Waals surface area contributed by atoms with Gasteiger partial charge in [-0.2, -0.15) is 0 Å². The molecule has 1 atom stereocenters. The van der Waals surface area contributed by atoms with Crippen LogP contribution >= 0.6 is 11.6 Å². The van der Waals surface area contributed by atoms with Crippen molar-refractivity contribution in [2.45, 2.75) is 11.3 Å². The first-order chi connectivity index (χ1) is 12.3. The molecular weight excluding hydrogens is 380 g/mol. The van der Waals surface area contributed by atoms with Gasteiger partial charge in [-0.1, -0.05) is 23.7 Å². The third kappa shape index (κ3) is 3.66. The van der Waals surface area contributed by atoms with Crippen LogP contribution in [0.1, 0.15) is 6.42 Å². The summed E-state index contributed by atoms with van der Waals surface area (Å²) in [5.74, 6) is -2.08. The molecule has 1 fully saturated rings. The minimum Gasteiger partial charge on any atom is -0.481 e. The quantitative estimate of drug-likeness (QED) is 0.811. The maximum Gasteiger partial charge on any atom is 0.308 e. The van der Waals surface area contributed by atoms with Crippen LogP contribution in [0.25, 0.3) is 0 Å². The zero-order valence-corrected chi connectivity index (χ0v) is 15.0. The summed E-state index contributed by atoms with van der Waals surface area (Å²) in [7, 11) is -3.85. The van der Waals surface area contributed by atoms with Crippen molar-refractivity contribution >= 4 is 44.9 Å². The molecule has 1 aliphatic heterocycles. The maximum atomic E-state index is 12.5. The SMILES string of the molecule is O=C(O)[C@H]1CC(=O)N(c2ccc(S(=O)(=O)Nc3ccccc3Cl)cc2)C1. The van der Waals surface area contributed by atoms with Gasteiger partial charge in [-0.3, -0.25) is 14.3 Å². The van der Waals surface area contributed by atoms with E-state index in [1.807, 2.05) is 0 Å². The molecule has 9 heteroatoms.